The van der Waals surface area contributed by atoms with Gasteiger partial charge < -0.3 is 10.5 Å². The minimum absolute atomic E-state index is 0.466. The van der Waals surface area contributed by atoms with Gasteiger partial charge in [-0.2, -0.15) is 0 Å². The topological polar surface area (TPSA) is 53.1 Å². The fourth-order valence-corrected chi connectivity index (χ4v) is 2.41. The number of hydrogen-bond acceptors (Lipinski definition) is 3. The van der Waals surface area contributed by atoms with E-state index >= 15 is 0 Å². The molecule has 0 bridgehead atoms. The van der Waals surface area contributed by atoms with Crippen LogP contribution in [0, 0.1) is 0 Å². The van der Waals surface area contributed by atoms with Gasteiger partial charge in [-0.05, 0) is 36.2 Å². The number of nitrogens with zero attached hydrogens (tertiary/aromatic N) is 2. The van der Waals surface area contributed by atoms with Crippen molar-refractivity contribution < 1.29 is 4.74 Å². The maximum Gasteiger partial charge on any atom is 0.206 e. The third-order valence-corrected chi connectivity index (χ3v) is 3.50. The molecule has 4 nitrogen and oxygen atoms in total. The molecule has 2 aromatic carbocycles. The first kappa shape index (κ1) is 12.5. The summed E-state index contributed by atoms with van der Waals surface area (Å²) in [6, 6.07) is 14.2. The summed E-state index contributed by atoms with van der Waals surface area (Å²) in [7, 11) is 1.64. The molecule has 20 heavy (non-hydrogen) atoms. The molecule has 0 aliphatic heterocycles. The van der Waals surface area contributed by atoms with E-state index in [1.165, 1.54) is 5.56 Å². The maximum absolute atomic E-state index is 6.08. The lowest BCUT2D eigenvalue weighted by Gasteiger charge is -2.07. The van der Waals surface area contributed by atoms with E-state index in [1.807, 2.05) is 22.8 Å². The van der Waals surface area contributed by atoms with E-state index in [9.17, 15) is 0 Å². The summed E-state index contributed by atoms with van der Waals surface area (Å²) < 4.78 is 7.28. The number of imidazole rings is 1. The normalized spacial score (nSPS) is 10.9. The number of methoxy groups -OCH3 is 1. The number of fused-ring (bicyclic) bond motifs is 1. The van der Waals surface area contributed by atoms with Crippen molar-refractivity contribution in [2.24, 2.45) is 0 Å². The van der Waals surface area contributed by atoms with Crippen LogP contribution in [0.2, 0.25) is 0 Å². The molecule has 102 valence electrons. The monoisotopic (exact) mass is 267 g/mol. The summed E-state index contributed by atoms with van der Waals surface area (Å²) in [4.78, 5) is 4.42. The summed E-state index contributed by atoms with van der Waals surface area (Å²) in [5, 5.41) is 0. The van der Waals surface area contributed by atoms with Gasteiger partial charge in [-0.1, -0.05) is 25.1 Å². The van der Waals surface area contributed by atoms with Crippen molar-refractivity contribution >= 4 is 17.0 Å². The molecule has 4 heteroatoms. The fraction of sp³-hybridized carbons (Fsp3) is 0.188. The number of hydrogen-bond donors (Lipinski definition) is 1. The molecule has 1 aromatic heterocycles. The number of anilines is 1. The Morgan fingerprint density at radius 3 is 2.55 bits per heavy atom. The highest BCUT2D eigenvalue weighted by atomic mass is 16.5. The number of rotatable bonds is 3. The summed E-state index contributed by atoms with van der Waals surface area (Å²) in [6.45, 7) is 2.14. The summed E-state index contributed by atoms with van der Waals surface area (Å²) in [6.07, 6.45) is 1.02. The molecule has 0 fully saturated rings. The Morgan fingerprint density at radius 2 is 1.90 bits per heavy atom. The van der Waals surface area contributed by atoms with Gasteiger partial charge in [-0.3, -0.25) is 4.57 Å². The predicted molar refractivity (Wildman–Crippen MR) is 81.4 cm³/mol. The van der Waals surface area contributed by atoms with Crippen LogP contribution in [0.5, 0.6) is 5.75 Å². The Labute approximate surface area is 117 Å². The number of nitrogens with two attached hydrogens (primary N) is 1. The van der Waals surface area contributed by atoms with Crippen LogP contribution in [0.3, 0.4) is 0 Å². The van der Waals surface area contributed by atoms with Crippen LogP contribution >= 0.6 is 0 Å². The van der Waals surface area contributed by atoms with Crippen LogP contribution in [0.25, 0.3) is 16.7 Å². The maximum atomic E-state index is 6.08. The van der Waals surface area contributed by atoms with E-state index in [1.54, 1.807) is 7.11 Å². The Morgan fingerprint density at radius 1 is 1.15 bits per heavy atom. The molecule has 0 radical (unpaired) electrons. The third-order valence-electron chi connectivity index (χ3n) is 3.50. The second-order valence-electron chi connectivity index (χ2n) is 4.65. The van der Waals surface area contributed by atoms with Gasteiger partial charge in [0.1, 0.15) is 11.3 Å². The zero-order valence-corrected chi connectivity index (χ0v) is 11.6. The van der Waals surface area contributed by atoms with E-state index in [0.29, 0.717) is 5.95 Å². The number of ether oxygens (including phenoxy) is 1. The molecule has 0 atom stereocenters. The lowest BCUT2D eigenvalue weighted by Crippen LogP contribution is -2.00. The lowest BCUT2D eigenvalue weighted by molar-refractivity contribution is 0.419. The number of aromatic nitrogens is 2. The van der Waals surface area contributed by atoms with Gasteiger partial charge in [0.2, 0.25) is 5.95 Å². The van der Waals surface area contributed by atoms with Crippen LogP contribution < -0.4 is 10.5 Å². The molecular weight excluding hydrogens is 250 g/mol. The Bertz CT molecular complexity index is 744. The Kier molecular flexibility index (Phi) is 3.06. The minimum Gasteiger partial charge on any atom is -0.494 e. The first-order chi connectivity index (χ1) is 9.74. The van der Waals surface area contributed by atoms with E-state index < -0.39 is 0 Å². The van der Waals surface area contributed by atoms with E-state index in [0.717, 1.165) is 28.9 Å². The largest absolute Gasteiger partial charge is 0.494 e. The van der Waals surface area contributed by atoms with Crippen LogP contribution in [0.15, 0.2) is 42.5 Å². The van der Waals surface area contributed by atoms with Gasteiger partial charge in [-0.25, -0.2) is 4.98 Å². The summed E-state index contributed by atoms with van der Waals surface area (Å²) >= 11 is 0. The van der Waals surface area contributed by atoms with E-state index in [4.69, 9.17) is 10.5 Å². The van der Waals surface area contributed by atoms with Crippen molar-refractivity contribution in [2.75, 3.05) is 12.8 Å². The van der Waals surface area contributed by atoms with Gasteiger partial charge in [0.05, 0.1) is 12.6 Å². The van der Waals surface area contributed by atoms with Gasteiger partial charge in [0.15, 0.2) is 0 Å². The summed E-state index contributed by atoms with van der Waals surface area (Å²) in [5.41, 5.74) is 10.1. The van der Waals surface area contributed by atoms with E-state index in [2.05, 4.69) is 36.2 Å². The van der Waals surface area contributed by atoms with Gasteiger partial charge in [0.25, 0.3) is 0 Å². The van der Waals surface area contributed by atoms with Crippen LogP contribution in [0.4, 0.5) is 5.95 Å². The molecule has 0 unspecified atom stereocenters. The molecule has 0 amide bonds. The molecule has 0 aliphatic carbocycles. The zero-order valence-electron chi connectivity index (χ0n) is 11.6. The highest BCUT2D eigenvalue weighted by molar-refractivity contribution is 5.86. The molecule has 3 aromatic rings. The van der Waals surface area contributed by atoms with Crippen molar-refractivity contribution in [1.82, 2.24) is 9.55 Å². The molecule has 0 aliphatic rings. The van der Waals surface area contributed by atoms with Crippen molar-refractivity contribution in [1.29, 1.82) is 0 Å². The molecule has 0 spiro atoms. The average Bonchev–Trinajstić information content (AvgIpc) is 2.83. The lowest BCUT2D eigenvalue weighted by atomic mass is 10.1. The minimum atomic E-state index is 0.466. The highest BCUT2D eigenvalue weighted by Crippen LogP contribution is 2.29. The molecular formula is C16H17N3O. The number of para-hydroxylation sites is 1. The van der Waals surface area contributed by atoms with Crippen molar-refractivity contribution in [3.63, 3.8) is 0 Å². The highest BCUT2D eigenvalue weighted by Gasteiger charge is 2.13. The Hall–Kier alpha value is -2.49. The van der Waals surface area contributed by atoms with Crippen LogP contribution in [-0.2, 0) is 6.42 Å². The molecule has 0 saturated carbocycles. The second-order valence-corrected chi connectivity index (χ2v) is 4.65. The SMILES string of the molecule is CCc1ccc(-n2c(N)nc3c(OC)cccc32)cc1. The fourth-order valence-electron chi connectivity index (χ4n) is 2.41. The van der Waals surface area contributed by atoms with Gasteiger partial charge in [0, 0.05) is 5.69 Å². The molecule has 1 heterocycles. The van der Waals surface area contributed by atoms with Crippen molar-refractivity contribution in [2.45, 2.75) is 13.3 Å². The molecule has 2 N–H and O–H groups in total. The van der Waals surface area contributed by atoms with Crippen molar-refractivity contribution in [3.05, 3.63) is 48.0 Å². The molecule has 3 rings (SSSR count). The second kappa shape index (κ2) is 4.89. The number of aryl methyl sites for hydroxylation is 1. The number of nitrogen functional groups attached to an aromatic ring is 1. The first-order valence-corrected chi connectivity index (χ1v) is 6.65. The first-order valence-electron chi connectivity index (χ1n) is 6.65. The van der Waals surface area contributed by atoms with E-state index in [-0.39, 0.29) is 0 Å². The number of benzene rings is 2. The summed E-state index contributed by atoms with van der Waals surface area (Å²) in [5.74, 6) is 1.20. The van der Waals surface area contributed by atoms with Gasteiger partial charge in [-0.15, -0.1) is 0 Å². The standard InChI is InChI=1S/C16H17N3O/c1-3-11-7-9-12(10-8-11)19-13-5-4-6-14(20-2)15(13)18-16(19)17/h4-10H,3H2,1-2H3,(H2,17,18). The Balaban J connectivity index is 2.22. The quantitative estimate of drug-likeness (QED) is 0.793. The zero-order chi connectivity index (χ0) is 14.1. The average molecular weight is 267 g/mol. The van der Waals surface area contributed by atoms with Crippen LogP contribution in [0.1, 0.15) is 12.5 Å². The smallest absolute Gasteiger partial charge is 0.206 e. The van der Waals surface area contributed by atoms with Crippen LogP contribution in [-0.4, -0.2) is 16.7 Å². The third kappa shape index (κ3) is 1.90. The van der Waals surface area contributed by atoms with Crippen molar-refractivity contribution in [3.8, 4) is 11.4 Å². The molecule has 0 saturated heterocycles. The van der Waals surface area contributed by atoms with Gasteiger partial charge >= 0.3 is 0 Å². The predicted octanol–water partition coefficient (Wildman–Crippen LogP) is 3.18.